The highest BCUT2D eigenvalue weighted by Crippen LogP contribution is 2.11. The number of hydrogen-bond acceptors (Lipinski definition) is 3. The summed E-state index contributed by atoms with van der Waals surface area (Å²) in [6.45, 7) is 7.10. The van der Waals surface area contributed by atoms with Gasteiger partial charge in [-0.25, -0.2) is 0 Å². The Morgan fingerprint density at radius 1 is 1.00 bits per heavy atom. The summed E-state index contributed by atoms with van der Waals surface area (Å²) in [6.07, 6.45) is 0.895. The Hall–Kier alpha value is -2.37. The molecule has 3 amide bonds. The molecule has 0 saturated heterocycles. The van der Waals surface area contributed by atoms with E-state index in [9.17, 15) is 14.4 Å². The maximum Gasteiger partial charge on any atom is 0.269 e. The molecule has 3 N–H and O–H groups in total. The Morgan fingerprint density at radius 2 is 1.59 bits per heavy atom. The van der Waals surface area contributed by atoms with Crippen molar-refractivity contribution in [3.05, 3.63) is 35.4 Å². The van der Waals surface area contributed by atoms with Crippen molar-refractivity contribution < 1.29 is 14.4 Å². The highest BCUT2D eigenvalue weighted by Gasteiger charge is 2.21. The van der Waals surface area contributed by atoms with Crippen LogP contribution in [0.3, 0.4) is 0 Å². The number of carbonyl (C=O) groups excluding carboxylic acids is 3. The molecular weight excluding hydrogens is 282 g/mol. The molecule has 22 heavy (non-hydrogen) atoms. The van der Waals surface area contributed by atoms with Crippen LogP contribution in [-0.2, 0) is 16.0 Å². The van der Waals surface area contributed by atoms with E-state index in [1.54, 1.807) is 32.9 Å². The first-order valence-electron chi connectivity index (χ1n) is 7.20. The van der Waals surface area contributed by atoms with Crippen molar-refractivity contribution in [3.63, 3.8) is 0 Å². The molecule has 0 saturated carbocycles. The number of nitrogens with one attached hydrogen (secondary N) is 3. The molecule has 0 fully saturated rings. The number of benzene rings is 1. The van der Waals surface area contributed by atoms with Crippen molar-refractivity contribution in [2.24, 2.45) is 5.41 Å². The van der Waals surface area contributed by atoms with Gasteiger partial charge in [-0.1, -0.05) is 39.8 Å². The lowest BCUT2D eigenvalue weighted by atomic mass is 9.96. The molecule has 1 rings (SSSR count). The highest BCUT2D eigenvalue weighted by molar-refractivity contribution is 5.96. The first-order chi connectivity index (χ1) is 10.2. The van der Waals surface area contributed by atoms with Crippen molar-refractivity contribution in [3.8, 4) is 0 Å². The van der Waals surface area contributed by atoms with Crippen LogP contribution in [-0.4, -0.2) is 24.3 Å². The summed E-state index contributed by atoms with van der Waals surface area (Å²) < 4.78 is 0. The Morgan fingerprint density at radius 3 is 2.09 bits per heavy atom. The van der Waals surface area contributed by atoms with Gasteiger partial charge in [0.2, 0.25) is 5.91 Å². The minimum atomic E-state index is -0.565. The third kappa shape index (κ3) is 5.55. The van der Waals surface area contributed by atoms with Crippen molar-refractivity contribution in [2.45, 2.75) is 34.1 Å². The van der Waals surface area contributed by atoms with Gasteiger partial charge in [0.25, 0.3) is 11.8 Å². The minimum Gasteiger partial charge on any atom is -0.347 e. The number of rotatable bonds is 4. The van der Waals surface area contributed by atoms with Crippen molar-refractivity contribution in [1.82, 2.24) is 16.2 Å². The molecule has 1 aromatic rings. The van der Waals surface area contributed by atoms with Gasteiger partial charge in [-0.15, -0.1) is 0 Å². The molecule has 0 heterocycles. The van der Waals surface area contributed by atoms with Crippen LogP contribution in [0.25, 0.3) is 0 Å². The van der Waals surface area contributed by atoms with Crippen LogP contribution in [0.1, 0.15) is 43.6 Å². The summed E-state index contributed by atoms with van der Waals surface area (Å²) in [5.41, 5.74) is 5.59. The average molecular weight is 305 g/mol. The monoisotopic (exact) mass is 305 g/mol. The largest absolute Gasteiger partial charge is 0.347 e. The van der Waals surface area contributed by atoms with E-state index in [1.165, 1.54) is 0 Å². The van der Waals surface area contributed by atoms with Gasteiger partial charge in [-0.2, -0.15) is 0 Å². The smallest absolute Gasteiger partial charge is 0.269 e. The zero-order valence-corrected chi connectivity index (χ0v) is 13.4. The van der Waals surface area contributed by atoms with Crippen LogP contribution in [0.2, 0.25) is 0 Å². The van der Waals surface area contributed by atoms with E-state index >= 15 is 0 Å². The van der Waals surface area contributed by atoms with E-state index < -0.39 is 17.2 Å². The van der Waals surface area contributed by atoms with E-state index in [0.717, 1.165) is 12.0 Å². The van der Waals surface area contributed by atoms with Crippen molar-refractivity contribution in [1.29, 1.82) is 0 Å². The molecule has 0 bridgehead atoms. The molecule has 120 valence electrons. The Labute approximate surface area is 130 Å². The summed E-state index contributed by atoms with van der Waals surface area (Å²) in [5, 5.41) is 2.50. The van der Waals surface area contributed by atoms with Crippen LogP contribution in [0.4, 0.5) is 0 Å². The maximum absolute atomic E-state index is 11.8. The molecule has 0 aliphatic carbocycles. The second-order valence-electron chi connectivity index (χ2n) is 5.99. The molecule has 0 unspecified atom stereocenters. The number of hydrogen-bond donors (Lipinski definition) is 3. The quantitative estimate of drug-likeness (QED) is 0.730. The number of carbonyl (C=O) groups is 3. The van der Waals surface area contributed by atoms with Gasteiger partial charge in [0.05, 0.1) is 6.54 Å². The Balaban J connectivity index is 2.40. The fraction of sp³-hybridized carbons (Fsp3) is 0.438. The first-order valence-corrected chi connectivity index (χ1v) is 7.20. The average Bonchev–Trinajstić information content (AvgIpc) is 2.49. The van der Waals surface area contributed by atoms with Crippen LogP contribution in [0.15, 0.2) is 24.3 Å². The zero-order valence-electron chi connectivity index (χ0n) is 13.4. The molecule has 0 atom stereocenters. The van der Waals surface area contributed by atoms with Crippen LogP contribution < -0.4 is 16.2 Å². The SMILES string of the molecule is CCc1ccc(C(=O)NNC(=O)CNC(=O)C(C)(C)C)cc1. The van der Waals surface area contributed by atoms with Gasteiger partial charge in [0, 0.05) is 11.0 Å². The molecule has 0 aliphatic heterocycles. The molecule has 0 aliphatic rings. The van der Waals surface area contributed by atoms with Gasteiger partial charge in [-0.3, -0.25) is 25.2 Å². The van der Waals surface area contributed by atoms with Crippen molar-refractivity contribution >= 4 is 17.7 Å². The number of amides is 3. The summed E-state index contributed by atoms with van der Waals surface area (Å²) in [6, 6.07) is 7.12. The topological polar surface area (TPSA) is 87.3 Å². The maximum atomic E-state index is 11.8. The summed E-state index contributed by atoms with van der Waals surface area (Å²) in [4.78, 5) is 35.0. The molecule has 1 aromatic carbocycles. The van der Waals surface area contributed by atoms with E-state index in [4.69, 9.17) is 0 Å². The normalized spacial score (nSPS) is 10.7. The first kappa shape index (κ1) is 17.7. The predicted molar refractivity (Wildman–Crippen MR) is 83.9 cm³/mol. The van der Waals surface area contributed by atoms with Gasteiger partial charge >= 0.3 is 0 Å². The fourth-order valence-electron chi connectivity index (χ4n) is 1.56. The minimum absolute atomic E-state index is 0.189. The lowest BCUT2D eigenvalue weighted by Gasteiger charge is -2.17. The fourth-order valence-corrected chi connectivity index (χ4v) is 1.56. The summed E-state index contributed by atoms with van der Waals surface area (Å²) in [7, 11) is 0. The second-order valence-corrected chi connectivity index (χ2v) is 5.99. The number of aryl methyl sites for hydroxylation is 1. The van der Waals surface area contributed by atoms with Gasteiger partial charge in [-0.05, 0) is 24.1 Å². The molecule has 6 nitrogen and oxygen atoms in total. The third-order valence-corrected chi connectivity index (χ3v) is 3.03. The summed E-state index contributed by atoms with van der Waals surface area (Å²) in [5.74, 6) is -1.13. The van der Waals surface area contributed by atoms with Gasteiger partial charge in [0.15, 0.2) is 0 Å². The van der Waals surface area contributed by atoms with Crippen LogP contribution in [0.5, 0.6) is 0 Å². The standard InChI is InChI=1S/C16H23N3O3/c1-5-11-6-8-12(9-7-11)14(21)19-18-13(20)10-17-15(22)16(2,3)4/h6-9H,5,10H2,1-4H3,(H,17,22)(H,18,20)(H,19,21). The van der Waals surface area contributed by atoms with Crippen molar-refractivity contribution in [2.75, 3.05) is 6.54 Å². The van der Waals surface area contributed by atoms with Crippen LogP contribution >= 0.6 is 0 Å². The third-order valence-electron chi connectivity index (χ3n) is 3.03. The molecule has 6 heteroatoms. The van der Waals surface area contributed by atoms with E-state index in [2.05, 4.69) is 16.2 Å². The van der Waals surface area contributed by atoms with Gasteiger partial charge in [0.1, 0.15) is 0 Å². The number of hydrazine groups is 1. The Bertz CT molecular complexity index is 545. The van der Waals surface area contributed by atoms with E-state index in [1.807, 2.05) is 19.1 Å². The molecule has 0 radical (unpaired) electrons. The lowest BCUT2D eigenvalue weighted by Crippen LogP contribution is -2.47. The molecule has 0 aromatic heterocycles. The van der Waals surface area contributed by atoms with E-state index in [-0.39, 0.29) is 12.5 Å². The lowest BCUT2D eigenvalue weighted by molar-refractivity contribution is -0.131. The van der Waals surface area contributed by atoms with Gasteiger partial charge < -0.3 is 5.32 Å². The second kappa shape index (κ2) is 7.59. The summed E-state index contributed by atoms with van der Waals surface area (Å²) >= 11 is 0. The predicted octanol–water partition coefficient (Wildman–Crippen LogP) is 1.17. The van der Waals surface area contributed by atoms with Crippen LogP contribution in [0, 0.1) is 5.41 Å². The van der Waals surface area contributed by atoms with E-state index in [0.29, 0.717) is 5.56 Å². The Kier molecular flexibility index (Phi) is 6.10. The highest BCUT2D eigenvalue weighted by atomic mass is 16.2. The molecule has 0 spiro atoms. The molecular formula is C16H23N3O3. The zero-order chi connectivity index (χ0) is 16.8.